The van der Waals surface area contributed by atoms with Gasteiger partial charge in [0.2, 0.25) is 5.88 Å². The van der Waals surface area contributed by atoms with E-state index in [0.717, 1.165) is 22.2 Å². The summed E-state index contributed by atoms with van der Waals surface area (Å²) >= 11 is 0. The van der Waals surface area contributed by atoms with Crippen molar-refractivity contribution in [1.29, 1.82) is 5.26 Å². The molecule has 3 aromatic heterocycles. The highest BCUT2D eigenvalue weighted by atomic mass is 16.5. The minimum atomic E-state index is -0.737. The van der Waals surface area contributed by atoms with Crippen LogP contribution in [0.15, 0.2) is 59.6 Å². The van der Waals surface area contributed by atoms with Crippen molar-refractivity contribution >= 4 is 22.6 Å². The number of pyridine rings is 1. The molecule has 0 aliphatic rings. The van der Waals surface area contributed by atoms with Crippen LogP contribution in [0.25, 0.3) is 28.0 Å². The summed E-state index contributed by atoms with van der Waals surface area (Å²) in [5, 5.41) is 26.9. The Bertz CT molecular complexity index is 1490. The van der Waals surface area contributed by atoms with E-state index < -0.39 is 6.10 Å². The van der Waals surface area contributed by atoms with Gasteiger partial charge in [-0.15, -0.1) is 5.10 Å². The third kappa shape index (κ3) is 4.76. The first-order valence-corrected chi connectivity index (χ1v) is 10.9. The number of aliphatic hydroxyl groups excluding tert-OH is 1. The normalized spacial score (nSPS) is 13.1. The molecule has 0 saturated carbocycles. The van der Waals surface area contributed by atoms with Crippen molar-refractivity contribution < 1.29 is 9.84 Å². The van der Waals surface area contributed by atoms with Gasteiger partial charge in [0.1, 0.15) is 29.7 Å². The second kappa shape index (κ2) is 9.79. The monoisotopic (exact) mass is 470 g/mol. The van der Waals surface area contributed by atoms with Gasteiger partial charge in [-0.1, -0.05) is 6.07 Å². The van der Waals surface area contributed by atoms with E-state index in [-0.39, 0.29) is 5.71 Å². The van der Waals surface area contributed by atoms with Crippen LogP contribution in [0.4, 0.5) is 5.82 Å². The number of ether oxygens (including phenoxy) is 1. The number of benzene rings is 1. The van der Waals surface area contributed by atoms with Crippen molar-refractivity contribution in [3.8, 4) is 28.9 Å². The zero-order chi connectivity index (χ0) is 25.1. The molecule has 1 aromatic carbocycles. The molecule has 0 aliphatic heterocycles. The largest absolute Gasteiger partial charge is 0.479 e. The molecule has 0 amide bonds. The second-order valence-corrected chi connectivity index (χ2v) is 8.00. The number of methoxy groups -OCH3 is 1. The molecule has 1 atom stereocenters. The highest BCUT2D eigenvalue weighted by Gasteiger charge is 2.16. The van der Waals surface area contributed by atoms with E-state index >= 15 is 0 Å². The van der Waals surface area contributed by atoms with E-state index in [1.807, 2.05) is 61.1 Å². The highest BCUT2D eigenvalue weighted by Crippen LogP contribution is 2.31. The quantitative estimate of drug-likeness (QED) is 0.394. The van der Waals surface area contributed by atoms with Crippen molar-refractivity contribution in [2.24, 2.45) is 12.0 Å². The van der Waals surface area contributed by atoms with Gasteiger partial charge in [-0.2, -0.15) is 5.26 Å². The lowest BCUT2D eigenvalue weighted by Gasteiger charge is -2.15. The number of fused-ring (bicyclic) bond motifs is 1. The second-order valence-electron chi connectivity index (χ2n) is 8.00. The molecule has 0 spiro atoms. The number of nitrogens with one attached hydrogen (secondary N) is 1. The predicted octanol–water partition coefficient (Wildman–Crippen LogP) is 3.79. The smallest absolute Gasteiger partial charge is 0.240 e. The Kier molecular flexibility index (Phi) is 6.62. The Morgan fingerprint density at radius 2 is 2.11 bits per heavy atom. The predicted molar refractivity (Wildman–Crippen MR) is 135 cm³/mol. The summed E-state index contributed by atoms with van der Waals surface area (Å²) in [4.78, 5) is 13.2. The fourth-order valence-electron chi connectivity index (χ4n) is 3.79. The van der Waals surface area contributed by atoms with Crippen molar-refractivity contribution in [1.82, 2.24) is 24.3 Å². The van der Waals surface area contributed by atoms with Crippen LogP contribution in [-0.2, 0) is 7.05 Å². The van der Waals surface area contributed by atoms with E-state index in [1.54, 1.807) is 38.2 Å². The summed E-state index contributed by atoms with van der Waals surface area (Å²) in [7, 11) is 5.00. The number of nitrogens with zero attached hydrogens (tertiary/aromatic N) is 7. The fraction of sp³-hybridized carbons (Fsp3) is 0.240. The molecule has 0 radical (unpaired) electrons. The highest BCUT2D eigenvalue weighted by molar-refractivity contribution is 6.07. The van der Waals surface area contributed by atoms with Crippen molar-refractivity contribution in [2.45, 2.75) is 20.0 Å². The molecule has 1 unspecified atom stereocenters. The third-order valence-electron chi connectivity index (χ3n) is 5.48. The lowest BCUT2D eigenvalue weighted by molar-refractivity contribution is 0.199. The SMILES string of the molecule is CN=C(C#N)/C=C(/C)Nc1nc(-n2cnc3cc(-c4cn(C)nc4OC)ccc32)ccc1C(C)O. The van der Waals surface area contributed by atoms with E-state index in [9.17, 15) is 5.11 Å². The van der Waals surface area contributed by atoms with Gasteiger partial charge >= 0.3 is 0 Å². The zero-order valence-electron chi connectivity index (χ0n) is 20.2. The molecule has 35 heavy (non-hydrogen) atoms. The first-order chi connectivity index (χ1) is 16.8. The molecule has 2 N–H and O–H groups in total. The standard InChI is InChI=1S/C25H26N8O2/c1-15(10-18(12-26)27-3)29-24-19(16(2)34)7-9-23(30-24)33-14-28-21-11-17(6-8-22(21)33)20-13-32(4)31-25(20)35-5/h6-11,13-14,16,34H,1-5H3,(H,29,30)/b15-10-,27-18?. The van der Waals surface area contributed by atoms with Crippen LogP contribution in [-0.4, -0.2) is 49.3 Å². The van der Waals surface area contributed by atoms with E-state index in [4.69, 9.17) is 15.0 Å². The van der Waals surface area contributed by atoms with Gasteiger partial charge in [-0.3, -0.25) is 14.2 Å². The van der Waals surface area contributed by atoms with Crippen LogP contribution in [0, 0.1) is 11.3 Å². The number of imidazole rings is 1. The first-order valence-electron chi connectivity index (χ1n) is 10.9. The van der Waals surface area contributed by atoms with Gasteiger partial charge in [0, 0.05) is 31.6 Å². The van der Waals surface area contributed by atoms with E-state index in [0.29, 0.717) is 28.8 Å². The molecule has 3 heterocycles. The minimum Gasteiger partial charge on any atom is -0.479 e. The summed E-state index contributed by atoms with van der Waals surface area (Å²) in [6, 6.07) is 11.6. The van der Waals surface area contributed by atoms with Crippen LogP contribution in [0.1, 0.15) is 25.5 Å². The maximum Gasteiger partial charge on any atom is 0.240 e. The Hall–Kier alpha value is -4.49. The van der Waals surface area contributed by atoms with Gasteiger partial charge in [0.05, 0.1) is 29.8 Å². The molecule has 10 nitrogen and oxygen atoms in total. The summed E-state index contributed by atoms with van der Waals surface area (Å²) in [6.45, 7) is 3.49. The summed E-state index contributed by atoms with van der Waals surface area (Å²) in [6.07, 6.45) is 4.51. The minimum absolute atomic E-state index is 0.284. The van der Waals surface area contributed by atoms with Crippen molar-refractivity contribution in [2.75, 3.05) is 19.5 Å². The Morgan fingerprint density at radius 3 is 2.80 bits per heavy atom. The maximum atomic E-state index is 10.3. The van der Waals surface area contributed by atoms with E-state index in [1.165, 1.54) is 0 Å². The molecule has 4 aromatic rings. The van der Waals surface area contributed by atoms with E-state index in [2.05, 4.69) is 20.4 Å². The number of aliphatic imine (C=N–C) groups is 1. The van der Waals surface area contributed by atoms with Gasteiger partial charge in [0.15, 0.2) is 0 Å². The summed E-state index contributed by atoms with van der Waals surface area (Å²) in [5.74, 6) is 1.66. The lowest BCUT2D eigenvalue weighted by Crippen LogP contribution is -2.08. The Balaban J connectivity index is 1.74. The number of aliphatic hydroxyl groups is 1. The average Bonchev–Trinajstić information content (AvgIpc) is 3.44. The molecule has 178 valence electrons. The molecule has 0 bridgehead atoms. The van der Waals surface area contributed by atoms with Gasteiger partial charge in [-0.05, 0) is 49.8 Å². The number of aryl methyl sites for hydroxylation is 1. The molecule has 0 fully saturated rings. The molecule has 10 heteroatoms. The van der Waals surface area contributed by atoms with Crippen molar-refractivity contribution in [3.05, 3.63) is 60.2 Å². The number of aromatic nitrogens is 5. The molecule has 4 rings (SSSR count). The first kappa shape index (κ1) is 23.7. The van der Waals surface area contributed by atoms with Crippen LogP contribution in [0.3, 0.4) is 0 Å². The topological polar surface area (TPSA) is 126 Å². The molecule has 0 aliphatic carbocycles. The fourth-order valence-corrected chi connectivity index (χ4v) is 3.79. The number of hydrogen-bond acceptors (Lipinski definition) is 8. The number of rotatable bonds is 7. The van der Waals surface area contributed by atoms with Crippen LogP contribution in [0.5, 0.6) is 5.88 Å². The maximum absolute atomic E-state index is 10.3. The Morgan fingerprint density at radius 1 is 1.31 bits per heavy atom. The number of hydrogen-bond donors (Lipinski definition) is 2. The van der Waals surface area contributed by atoms with Crippen LogP contribution >= 0.6 is 0 Å². The van der Waals surface area contributed by atoms with Gasteiger partial charge < -0.3 is 15.2 Å². The Labute approximate surface area is 202 Å². The number of nitriles is 1. The van der Waals surface area contributed by atoms with Crippen LogP contribution in [0.2, 0.25) is 0 Å². The summed E-state index contributed by atoms with van der Waals surface area (Å²) in [5.41, 5.74) is 5.07. The number of anilines is 1. The lowest BCUT2D eigenvalue weighted by atomic mass is 10.1. The van der Waals surface area contributed by atoms with Crippen molar-refractivity contribution in [3.63, 3.8) is 0 Å². The zero-order valence-corrected chi connectivity index (χ0v) is 20.2. The van der Waals surface area contributed by atoms with Gasteiger partial charge in [0.25, 0.3) is 0 Å². The number of allylic oxidation sites excluding steroid dienone is 2. The summed E-state index contributed by atoms with van der Waals surface area (Å²) < 4.78 is 8.98. The third-order valence-corrected chi connectivity index (χ3v) is 5.48. The average molecular weight is 471 g/mol. The van der Waals surface area contributed by atoms with Crippen LogP contribution < -0.4 is 10.1 Å². The molecular formula is C25H26N8O2. The molecular weight excluding hydrogens is 444 g/mol. The van der Waals surface area contributed by atoms with Gasteiger partial charge in [-0.25, -0.2) is 9.97 Å². The molecule has 0 saturated heterocycles.